The van der Waals surface area contributed by atoms with Gasteiger partial charge in [-0.3, -0.25) is 14.9 Å². The summed E-state index contributed by atoms with van der Waals surface area (Å²) in [6.45, 7) is 1.12. The molecule has 20 heavy (non-hydrogen) atoms. The van der Waals surface area contributed by atoms with E-state index in [1.807, 2.05) is 4.90 Å². The van der Waals surface area contributed by atoms with Crippen LogP contribution in [0.1, 0.15) is 0 Å². The second-order valence-corrected chi connectivity index (χ2v) is 4.39. The fourth-order valence-electron chi connectivity index (χ4n) is 2.13. The largest absolute Gasteiger partial charge is 0.368 e. The van der Waals surface area contributed by atoms with Crippen molar-refractivity contribution < 1.29 is 18.5 Å². The maximum Gasteiger partial charge on any atom is 0.315 e. The number of nitrogens with zero attached hydrogens (tertiary/aromatic N) is 3. The van der Waals surface area contributed by atoms with Gasteiger partial charge in [0, 0.05) is 44.0 Å². The highest BCUT2D eigenvalue weighted by Crippen LogP contribution is 2.22. The number of hydrogen-bond acceptors (Lipinski definition) is 4. The quantitative estimate of drug-likeness (QED) is 0.623. The second kappa shape index (κ2) is 5.81. The lowest BCUT2D eigenvalue weighted by Crippen LogP contribution is -2.50. The summed E-state index contributed by atoms with van der Waals surface area (Å²) in [5, 5.41) is 10.7. The molecule has 1 fully saturated rings. The Labute approximate surface area is 113 Å². The molecule has 108 valence electrons. The number of rotatable bonds is 3. The highest BCUT2D eigenvalue weighted by Gasteiger charge is 2.27. The molecule has 0 radical (unpaired) electrons. The number of non-ortho nitro benzene ring substituents is 1. The second-order valence-electron chi connectivity index (χ2n) is 4.39. The fraction of sp³-hybridized carbons (Fsp3) is 0.417. The molecule has 0 spiro atoms. The maximum atomic E-state index is 12.3. The van der Waals surface area contributed by atoms with E-state index in [4.69, 9.17) is 0 Å². The highest BCUT2D eigenvalue weighted by atomic mass is 19.3. The van der Waals surface area contributed by atoms with Crippen LogP contribution >= 0.6 is 0 Å². The first-order chi connectivity index (χ1) is 9.49. The zero-order valence-electron chi connectivity index (χ0n) is 10.5. The number of carbonyl (C=O) groups excluding carboxylic acids is 1. The molecule has 0 bridgehead atoms. The molecule has 1 aliphatic heterocycles. The number of alkyl halides is 2. The van der Waals surface area contributed by atoms with Crippen molar-refractivity contribution in [2.45, 2.75) is 6.43 Å². The number of halogens is 2. The standard InChI is InChI=1S/C12H13F2N3O3/c13-11(14)12(18)16-6-4-15(5-7-16)9-2-1-3-10(8-9)17(19)20/h1-3,8,11H,4-7H2. The number of hydrogen-bond donors (Lipinski definition) is 0. The Kier molecular flexibility index (Phi) is 4.11. The van der Waals surface area contributed by atoms with Crippen LogP contribution in [0.4, 0.5) is 20.2 Å². The number of nitro benzene ring substituents is 1. The van der Waals surface area contributed by atoms with E-state index in [0.29, 0.717) is 18.8 Å². The number of benzene rings is 1. The van der Waals surface area contributed by atoms with Crippen LogP contribution in [0.5, 0.6) is 0 Å². The van der Waals surface area contributed by atoms with Gasteiger partial charge in [-0.2, -0.15) is 8.78 Å². The van der Waals surface area contributed by atoms with Crippen LogP contribution in [0.2, 0.25) is 0 Å². The molecule has 1 saturated heterocycles. The molecule has 1 amide bonds. The van der Waals surface area contributed by atoms with E-state index >= 15 is 0 Å². The first-order valence-electron chi connectivity index (χ1n) is 6.05. The number of anilines is 1. The van der Waals surface area contributed by atoms with Crippen LogP contribution in [0, 0.1) is 10.1 Å². The molecule has 0 N–H and O–H groups in total. The Balaban J connectivity index is 2.02. The third kappa shape index (κ3) is 3.01. The third-order valence-electron chi connectivity index (χ3n) is 3.18. The van der Waals surface area contributed by atoms with Gasteiger partial charge < -0.3 is 9.80 Å². The highest BCUT2D eigenvalue weighted by molar-refractivity contribution is 5.79. The Hall–Kier alpha value is -2.25. The van der Waals surface area contributed by atoms with Gasteiger partial charge >= 0.3 is 6.43 Å². The van der Waals surface area contributed by atoms with E-state index in [1.54, 1.807) is 12.1 Å². The lowest BCUT2D eigenvalue weighted by molar-refractivity contribution is -0.384. The summed E-state index contributed by atoms with van der Waals surface area (Å²) in [6.07, 6.45) is -2.99. The number of amides is 1. The van der Waals surface area contributed by atoms with Gasteiger partial charge in [0.1, 0.15) is 0 Å². The van der Waals surface area contributed by atoms with E-state index < -0.39 is 17.3 Å². The Morgan fingerprint density at radius 1 is 1.25 bits per heavy atom. The topological polar surface area (TPSA) is 66.7 Å². The average molecular weight is 285 g/mol. The summed E-state index contributed by atoms with van der Waals surface area (Å²) in [5.41, 5.74) is 0.636. The molecule has 2 rings (SSSR count). The monoisotopic (exact) mass is 285 g/mol. The van der Waals surface area contributed by atoms with Gasteiger partial charge in [-0.1, -0.05) is 6.07 Å². The molecule has 0 unspecified atom stereocenters. The molecule has 1 aromatic rings. The lowest BCUT2D eigenvalue weighted by Gasteiger charge is -2.35. The van der Waals surface area contributed by atoms with Crippen molar-refractivity contribution in [2.24, 2.45) is 0 Å². The van der Waals surface area contributed by atoms with Gasteiger partial charge in [-0.15, -0.1) is 0 Å². The molecule has 0 aromatic heterocycles. The normalized spacial score (nSPS) is 15.6. The predicted octanol–water partition coefficient (Wildman–Crippen LogP) is 1.51. The van der Waals surface area contributed by atoms with Crippen molar-refractivity contribution in [3.63, 3.8) is 0 Å². The van der Waals surface area contributed by atoms with Gasteiger partial charge in [0.15, 0.2) is 0 Å². The van der Waals surface area contributed by atoms with Crippen LogP contribution < -0.4 is 4.90 Å². The van der Waals surface area contributed by atoms with E-state index in [0.717, 1.165) is 4.90 Å². The molecular formula is C12H13F2N3O3. The first-order valence-corrected chi connectivity index (χ1v) is 6.05. The van der Waals surface area contributed by atoms with E-state index in [1.165, 1.54) is 12.1 Å². The Bertz CT molecular complexity index is 516. The Morgan fingerprint density at radius 3 is 2.45 bits per heavy atom. The van der Waals surface area contributed by atoms with E-state index in [-0.39, 0.29) is 18.8 Å². The fourth-order valence-corrected chi connectivity index (χ4v) is 2.13. The molecule has 1 heterocycles. The number of nitro groups is 1. The maximum absolute atomic E-state index is 12.3. The zero-order valence-corrected chi connectivity index (χ0v) is 10.5. The van der Waals surface area contributed by atoms with Gasteiger partial charge in [0.2, 0.25) is 0 Å². The number of piperazine rings is 1. The minimum absolute atomic E-state index is 0.0198. The molecule has 1 aromatic carbocycles. The molecule has 0 atom stereocenters. The zero-order chi connectivity index (χ0) is 14.7. The summed E-state index contributed by atoms with van der Waals surface area (Å²) < 4.78 is 24.6. The van der Waals surface area contributed by atoms with Crippen molar-refractivity contribution in [1.82, 2.24) is 4.90 Å². The summed E-state index contributed by atoms with van der Waals surface area (Å²) in [5.74, 6) is -1.16. The summed E-state index contributed by atoms with van der Waals surface area (Å²) >= 11 is 0. The molecule has 8 heteroatoms. The van der Waals surface area contributed by atoms with Gasteiger partial charge in [0.05, 0.1) is 4.92 Å². The summed E-state index contributed by atoms with van der Waals surface area (Å²) in [6, 6.07) is 6.12. The van der Waals surface area contributed by atoms with Crippen LogP contribution in [0.25, 0.3) is 0 Å². The SMILES string of the molecule is O=C(C(F)F)N1CCN(c2cccc([N+](=O)[O-])c2)CC1. The average Bonchev–Trinajstić information content (AvgIpc) is 2.46. The van der Waals surface area contributed by atoms with Gasteiger partial charge in [-0.05, 0) is 6.07 Å². The molecule has 6 nitrogen and oxygen atoms in total. The van der Waals surface area contributed by atoms with Crippen molar-refractivity contribution in [3.05, 3.63) is 34.4 Å². The lowest BCUT2D eigenvalue weighted by atomic mass is 10.2. The van der Waals surface area contributed by atoms with Crippen molar-refractivity contribution >= 4 is 17.3 Å². The van der Waals surface area contributed by atoms with Crippen LogP contribution in [0.15, 0.2) is 24.3 Å². The molecule has 0 saturated carbocycles. The van der Waals surface area contributed by atoms with Crippen molar-refractivity contribution in [1.29, 1.82) is 0 Å². The van der Waals surface area contributed by atoms with Crippen molar-refractivity contribution in [2.75, 3.05) is 31.1 Å². The Morgan fingerprint density at radius 2 is 1.90 bits per heavy atom. The van der Waals surface area contributed by atoms with Crippen LogP contribution in [0.3, 0.4) is 0 Å². The molecule has 0 aliphatic carbocycles. The van der Waals surface area contributed by atoms with Crippen molar-refractivity contribution in [3.8, 4) is 0 Å². The summed E-state index contributed by atoms with van der Waals surface area (Å²) in [7, 11) is 0. The summed E-state index contributed by atoms with van der Waals surface area (Å²) in [4.78, 5) is 24.3. The first kappa shape index (κ1) is 14.2. The third-order valence-corrected chi connectivity index (χ3v) is 3.18. The molecule has 1 aliphatic rings. The van der Waals surface area contributed by atoms with Gasteiger partial charge in [0.25, 0.3) is 11.6 Å². The minimum atomic E-state index is -2.99. The van der Waals surface area contributed by atoms with E-state index in [9.17, 15) is 23.7 Å². The number of carbonyl (C=O) groups is 1. The van der Waals surface area contributed by atoms with E-state index in [2.05, 4.69) is 0 Å². The predicted molar refractivity (Wildman–Crippen MR) is 67.9 cm³/mol. The smallest absolute Gasteiger partial charge is 0.315 e. The van der Waals surface area contributed by atoms with Crippen LogP contribution in [-0.2, 0) is 4.79 Å². The molecular weight excluding hydrogens is 272 g/mol. The minimum Gasteiger partial charge on any atom is -0.368 e. The van der Waals surface area contributed by atoms with Crippen LogP contribution in [-0.4, -0.2) is 48.3 Å². The van der Waals surface area contributed by atoms with Gasteiger partial charge in [-0.25, -0.2) is 0 Å².